The van der Waals surface area contributed by atoms with Crippen molar-refractivity contribution in [2.75, 3.05) is 7.11 Å². The number of para-hydroxylation sites is 1. The van der Waals surface area contributed by atoms with Crippen molar-refractivity contribution in [3.63, 3.8) is 0 Å². The number of nitro benzene ring substituents is 1. The van der Waals surface area contributed by atoms with Gasteiger partial charge in [-0.3, -0.25) is 10.1 Å². The van der Waals surface area contributed by atoms with Crippen LogP contribution in [0.15, 0.2) is 48.5 Å². The van der Waals surface area contributed by atoms with E-state index in [2.05, 4.69) is 5.32 Å². The number of rotatable bonds is 6. The third kappa shape index (κ3) is 3.79. The highest BCUT2D eigenvalue weighted by Crippen LogP contribution is 2.21. The first kappa shape index (κ1) is 15.0. The number of nitrogens with one attached hydrogen (secondary N) is 1. The van der Waals surface area contributed by atoms with Crippen LogP contribution >= 0.6 is 0 Å². The number of hydrogen-bond donors (Lipinski definition) is 1. The van der Waals surface area contributed by atoms with Crippen molar-refractivity contribution < 1.29 is 9.66 Å². The summed E-state index contributed by atoms with van der Waals surface area (Å²) in [5, 5.41) is 14.3. The molecule has 0 aliphatic rings. The second-order valence-electron chi connectivity index (χ2n) is 4.77. The molecule has 2 rings (SSSR count). The number of nitro groups is 1. The Morgan fingerprint density at radius 2 is 2.00 bits per heavy atom. The van der Waals surface area contributed by atoms with E-state index in [9.17, 15) is 10.1 Å². The van der Waals surface area contributed by atoms with E-state index in [1.54, 1.807) is 25.3 Å². The highest BCUT2D eigenvalue weighted by Gasteiger charge is 2.13. The minimum Gasteiger partial charge on any atom is -0.497 e. The summed E-state index contributed by atoms with van der Waals surface area (Å²) in [5.41, 5.74) is 1.90. The lowest BCUT2D eigenvalue weighted by Crippen LogP contribution is -2.18. The van der Waals surface area contributed by atoms with Gasteiger partial charge in [0, 0.05) is 24.2 Å². The van der Waals surface area contributed by atoms with Gasteiger partial charge in [0.2, 0.25) is 0 Å². The van der Waals surface area contributed by atoms with Crippen molar-refractivity contribution >= 4 is 5.69 Å². The molecule has 0 aliphatic carbocycles. The highest BCUT2D eigenvalue weighted by molar-refractivity contribution is 5.39. The molecule has 0 bridgehead atoms. The molecule has 0 aromatic heterocycles. The SMILES string of the molecule is COc1cccc([C@@H](C)NCc2ccccc2[N+](=O)[O-])c1. The Morgan fingerprint density at radius 3 is 2.71 bits per heavy atom. The molecule has 1 N–H and O–H groups in total. The maximum absolute atomic E-state index is 11.0. The molecule has 21 heavy (non-hydrogen) atoms. The first-order valence-electron chi connectivity index (χ1n) is 6.71. The summed E-state index contributed by atoms with van der Waals surface area (Å²) >= 11 is 0. The van der Waals surface area contributed by atoms with Crippen molar-refractivity contribution in [3.05, 3.63) is 69.8 Å². The van der Waals surface area contributed by atoms with Crippen LogP contribution in [-0.4, -0.2) is 12.0 Å². The molecule has 0 unspecified atom stereocenters. The zero-order chi connectivity index (χ0) is 15.2. The smallest absolute Gasteiger partial charge is 0.273 e. The van der Waals surface area contributed by atoms with E-state index in [0.717, 1.165) is 11.3 Å². The molecule has 0 heterocycles. The van der Waals surface area contributed by atoms with Crippen LogP contribution in [-0.2, 0) is 6.54 Å². The summed E-state index contributed by atoms with van der Waals surface area (Å²) in [5.74, 6) is 0.798. The minimum absolute atomic E-state index is 0.0694. The molecule has 0 saturated heterocycles. The number of ether oxygens (including phenoxy) is 1. The average Bonchev–Trinajstić information content (AvgIpc) is 2.52. The molecule has 5 nitrogen and oxygen atoms in total. The Labute approximate surface area is 123 Å². The van der Waals surface area contributed by atoms with E-state index in [0.29, 0.717) is 12.1 Å². The lowest BCUT2D eigenvalue weighted by atomic mass is 10.1. The Kier molecular flexibility index (Phi) is 4.90. The van der Waals surface area contributed by atoms with Gasteiger partial charge in [0.25, 0.3) is 5.69 Å². The van der Waals surface area contributed by atoms with E-state index >= 15 is 0 Å². The van der Waals surface area contributed by atoms with Crippen LogP contribution in [0.1, 0.15) is 24.1 Å². The summed E-state index contributed by atoms with van der Waals surface area (Å²) in [7, 11) is 1.63. The number of hydrogen-bond acceptors (Lipinski definition) is 4. The molecular weight excluding hydrogens is 268 g/mol. The molecular formula is C16H18N2O3. The van der Waals surface area contributed by atoms with Gasteiger partial charge in [-0.1, -0.05) is 30.3 Å². The Balaban J connectivity index is 2.07. The van der Waals surface area contributed by atoms with E-state index < -0.39 is 0 Å². The largest absolute Gasteiger partial charge is 0.497 e. The fraction of sp³-hybridized carbons (Fsp3) is 0.250. The quantitative estimate of drug-likeness (QED) is 0.652. The molecule has 0 spiro atoms. The van der Waals surface area contributed by atoms with Gasteiger partial charge in [-0.25, -0.2) is 0 Å². The van der Waals surface area contributed by atoms with Gasteiger partial charge in [-0.15, -0.1) is 0 Å². The summed E-state index contributed by atoms with van der Waals surface area (Å²) in [6, 6.07) is 14.6. The van der Waals surface area contributed by atoms with E-state index in [4.69, 9.17) is 4.74 Å². The first-order valence-corrected chi connectivity index (χ1v) is 6.71. The van der Waals surface area contributed by atoms with Crippen LogP contribution in [0.2, 0.25) is 0 Å². The van der Waals surface area contributed by atoms with Gasteiger partial charge in [0.15, 0.2) is 0 Å². The van der Waals surface area contributed by atoms with Crippen molar-refractivity contribution in [1.29, 1.82) is 0 Å². The first-order chi connectivity index (χ1) is 10.1. The minimum atomic E-state index is -0.354. The van der Waals surface area contributed by atoms with Gasteiger partial charge in [-0.2, -0.15) is 0 Å². The number of methoxy groups -OCH3 is 1. The summed E-state index contributed by atoms with van der Waals surface area (Å²) in [4.78, 5) is 10.6. The van der Waals surface area contributed by atoms with Gasteiger partial charge >= 0.3 is 0 Å². The van der Waals surface area contributed by atoms with Crippen LogP contribution in [0.25, 0.3) is 0 Å². The zero-order valence-corrected chi connectivity index (χ0v) is 12.1. The van der Waals surface area contributed by atoms with E-state index in [1.807, 2.05) is 31.2 Å². The molecule has 110 valence electrons. The van der Waals surface area contributed by atoms with Crippen LogP contribution in [0.3, 0.4) is 0 Å². The number of benzene rings is 2. The van der Waals surface area contributed by atoms with Gasteiger partial charge in [-0.05, 0) is 24.6 Å². The van der Waals surface area contributed by atoms with E-state index in [1.165, 1.54) is 6.07 Å². The summed E-state index contributed by atoms with van der Waals surface area (Å²) < 4.78 is 5.20. The predicted octanol–water partition coefficient (Wildman–Crippen LogP) is 3.45. The molecule has 2 aromatic rings. The highest BCUT2D eigenvalue weighted by atomic mass is 16.6. The molecule has 0 aliphatic heterocycles. The standard InChI is InChI=1S/C16H18N2O3/c1-12(13-7-5-8-15(10-13)21-2)17-11-14-6-3-4-9-16(14)18(19)20/h3-10,12,17H,11H2,1-2H3/t12-/m1/s1. The second kappa shape index (κ2) is 6.85. The van der Waals surface area contributed by atoms with Crippen molar-refractivity contribution in [3.8, 4) is 5.75 Å². The van der Waals surface area contributed by atoms with Crippen LogP contribution in [0, 0.1) is 10.1 Å². The third-order valence-electron chi connectivity index (χ3n) is 3.38. The van der Waals surface area contributed by atoms with Crippen molar-refractivity contribution in [1.82, 2.24) is 5.32 Å². The van der Waals surface area contributed by atoms with E-state index in [-0.39, 0.29) is 16.7 Å². The van der Waals surface area contributed by atoms with Crippen LogP contribution in [0.4, 0.5) is 5.69 Å². The Morgan fingerprint density at radius 1 is 1.24 bits per heavy atom. The molecule has 5 heteroatoms. The monoisotopic (exact) mass is 286 g/mol. The Bertz CT molecular complexity index is 628. The molecule has 1 atom stereocenters. The maximum Gasteiger partial charge on any atom is 0.273 e. The fourth-order valence-corrected chi connectivity index (χ4v) is 2.13. The molecule has 0 fully saturated rings. The number of nitrogens with zero attached hydrogens (tertiary/aromatic N) is 1. The molecule has 0 radical (unpaired) electrons. The van der Waals surface area contributed by atoms with Crippen LogP contribution < -0.4 is 10.1 Å². The lowest BCUT2D eigenvalue weighted by molar-refractivity contribution is -0.385. The normalized spacial score (nSPS) is 11.9. The topological polar surface area (TPSA) is 64.4 Å². The molecule has 2 aromatic carbocycles. The van der Waals surface area contributed by atoms with Gasteiger partial charge < -0.3 is 10.1 Å². The predicted molar refractivity (Wildman–Crippen MR) is 81.3 cm³/mol. The third-order valence-corrected chi connectivity index (χ3v) is 3.38. The summed E-state index contributed by atoms with van der Waals surface area (Å²) in [6.07, 6.45) is 0. The fourth-order valence-electron chi connectivity index (χ4n) is 2.13. The zero-order valence-electron chi connectivity index (χ0n) is 12.1. The summed E-state index contributed by atoms with van der Waals surface area (Å²) in [6.45, 7) is 2.46. The van der Waals surface area contributed by atoms with Gasteiger partial charge in [0.1, 0.15) is 5.75 Å². The average molecular weight is 286 g/mol. The molecule has 0 amide bonds. The van der Waals surface area contributed by atoms with Gasteiger partial charge in [0.05, 0.1) is 12.0 Å². The van der Waals surface area contributed by atoms with Crippen LogP contribution in [0.5, 0.6) is 5.75 Å². The van der Waals surface area contributed by atoms with Crippen molar-refractivity contribution in [2.24, 2.45) is 0 Å². The maximum atomic E-state index is 11.0. The lowest BCUT2D eigenvalue weighted by Gasteiger charge is -2.15. The van der Waals surface area contributed by atoms with Crippen molar-refractivity contribution in [2.45, 2.75) is 19.5 Å². The second-order valence-corrected chi connectivity index (χ2v) is 4.77. The Hall–Kier alpha value is -2.40. The molecule has 0 saturated carbocycles.